The van der Waals surface area contributed by atoms with Crippen molar-refractivity contribution in [2.75, 3.05) is 18.0 Å². The van der Waals surface area contributed by atoms with Crippen molar-refractivity contribution in [3.8, 4) is 0 Å². The molecule has 0 radical (unpaired) electrons. The first-order valence-corrected chi connectivity index (χ1v) is 9.15. The highest BCUT2D eigenvalue weighted by Crippen LogP contribution is 2.17. The Bertz CT molecular complexity index is 876. The van der Waals surface area contributed by atoms with Crippen molar-refractivity contribution in [3.05, 3.63) is 54.9 Å². The van der Waals surface area contributed by atoms with E-state index in [1.165, 1.54) is 0 Å². The van der Waals surface area contributed by atoms with E-state index in [4.69, 9.17) is 0 Å². The number of nitrogens with zero attached hydrogens (tertiary/aromatic N) is 4. The van der Waals surface area contributed by atoms with Gasteiger partial charge in [-0.1, -0.05) is 24.3 Å². The number of rotatable bonds is 5. The molecule has 6 heteroatoms. The molecule has 0 bridgehead atoms. The fourth-order valence-corrected chi connectivity index (χ4v) is 3.56. The van der Waals surface area contributed by atoms with Gasteiger partial charge in [0.25, 0.3) is 0 Å². The topological polar surface area (TPSA) is 63.1 Å². The van der Waals surface area contributed by atoms with E-state index in [2.05, 4.69) is 20.3 Å². The molecule has 1 saturated heterocycles. The van der Waals surface area contributed by atoms with Crippen LogP contribution in [0.15, 0.2) is 54.9 Å². The molecule has 1 N–H and O–H groups in total. The number of carbonyl (C=O) groups excluding carboxylic acids is 1. The number of fused-ring (bicyclic) bond motifs is 1. The Morgan fingerprint density at radius 3 is 2.96 bits per heavy atom. The number of pyridine rings is 1. The summed E-state index contributed by atoms with van der Waals surface area (Å²) < 4.78 is 1.90. The van der Waals surface area contributed by atoms with E-state index in [1.54, 1.807) is 0 Å². The average Bonchev–Trinajstić information content (AvgIpc) is 3.10. The van der Waals surface area contributed by atoms with E-state index < -0.39 is 0 Å². The fourth-order valence-electron chi connectivity index (χ4n) is 3.56. The number of amides is 1. The highest BCUT2D eigenvalue weighted by atomic mass is 16.1. The van der Waals surface area contributed by atoms with Crippen LogP contribution < -0.4 is 10.2 Å². The largest absolute Gasteiger partial charge is 0.355 e. The van der Waals surface area contributed by atoms with Crippen LogP contribution in [0.4, 0.5) is 5.82 Å². The van der Waals surface area contributed by atoms with Gasteiger partial charge in [-0.3, -0.25) is 9.48 Å². The maximum atomic E-state index is 12.4. The van der Waals surface area contributed by atoms with Gasteiger partial charge in [0.2, 0.25) is 5.91 Å². The summed E-state index contributed by atoms with van der Waals surface area (Å²) in [7, 11) is 0. The molecule has 1 aliphatic rings. The summed E-state index contributed by atoms with van der Waals surface area (Å²) in [5.41, 5.74) is 1.07. The van der Waals surface area contributed by atoms with E-state index in [0.717, 1.165) is 42.7 Å². The molecule has 0 saturated carbocycles. The quantitative estimate of drug-likeness (QED) is 0.769. The third kappa shape index (κ3) is 3.69. The molecule has 26 heavy (non-hydrogen) atoms. The number of para-hydroxylation sites is 1. The Morgan fingerprint density at radius 2 is 2.08 bits per heavy atom. The molecular formula is C20H23N5O. The number of anilines is 1. The Labute approximate surface area is 152 Å². The molecule has 3 aromatic rings. The molecule has 1 aliphatic heterocycles. The molecule has 0 spiro atoms. The lowest BCUT2D eigenvalue weighted by Gasteiger charge is -2.34. The van der Waals surface area contributed by atoms with Crippen molar-refractivity contribution >= 4 is 22.6 Å². The van der Waals surface area contributed by atoms with Gasteiger partial charge < -0.3 is 10.2 Å². The fraction of sp³-hybridized carbons (Fsp3) is 0.350. The van der Waals surface area contributed by atoms with Gasteiger partial charge in [0.05, 0.1) is 18.3 Å². The molecule has 6 nitrogen and oxygen atoms in total. The van der Waals surface area contributed by atoms with E-state index in [0.29, 0.717) is 13.0 Å². The normalized spacial score (nSPS) is 17.4. The molecule has 2 aromatic heterocycles. The summed E-state index contributed by atoms with van der Waals surface area (Å²) in [6, 6.07) is 14.2. The van der Waals surface area contributed by atoms with Gasteiger partial charge in [0.15, 0.2) is 0 Å². The second-order valence-corrected chi connectivity index (χ2v) is 6.72. The number of aryl methyl sites for hydroxylation is 1. The Morgan fingerprint density at radius 1 is 1.19 bits per heavy atom. The van der Waals surface area contributed by atoms with Gasteiger partial charge >= 0.3 is 0 Å². The minimum Gasteiger partial charge on any atom is -0.355 e. The summed E-state index contributed by atoms with van der Waals surface area (Å²) in [6.45, 7) is 2.39. The van der Waals surface area contributed by atoms with Crippen LogP contribution in [0, 0.1) is 0 Å². The van der Waals surface area contributed by atoms with Crippen molar-refractivity contribution in [2.24, 2.45) is 0 Å². The van der Waals surface area contributed by atoms with E-state index in [1.807, 2.05) is 59.5 Å². The number of carbonyl (C=O) groups is 1. The SMILES string of the molecule is O=C(CCn1ncc2ccccc21)N[C@H]1CCCN(c2ccccn2)C1. The summed E-state index contributed by atoms with van der Waals surface area (Å²) in [5.74, 6) is 1.06. The smallest absolute Gasteiger partial charge is 0.222 e. The zero-order chi connectivity index (χ0) is 17.8. The molecule has 0 aliphatic carbocycles. The zero-order valence-corrected chi connectivity index (χ0v) is 14.7. The zero-order valence-electron chi connectivity index (χ0n) is 14.7. The highest BCUT2D eigenvalue weighted by molar-refractivity contribution is 5.79. The number of hydrogen-bond donors (Lipinski definition) is 1. The first kappa shape index (κ1) is 16.6. The third-order valence-electron chi connectivity index (χ3n) is 4.86. The van der Waals surface area contributed by atoms with Crippen LogP contribution in [-0.2, 0) is 11.3 Å². The van der Waals surface area contributed by atoms with Crippen molar-refractivity contribution in [1.29, 1.82) is 0 Å². The van der Waals surface area contributed by atoms with Gasteiger partial charge in [-0.05, 0) is 31.0 Å². The molecule has 1 aromatic carbocycles. The monoisotopic (exact) mass is 349 g/mol. The first-order valence-electron chi connectivity index (χ1n) is 9.15. The molecule has 1 amide bonds. The predicted molar refractivity (Wildman–Crippen MR) is 102 cm³/mol. The van der Waals surface area contributed by atoms with Crippen LogP contribution in [0.5, 0.6) is 0 Å². The number of hydrogen-bond acceptors (Lipinski definition) is 4. The number of aromatic nitrogens is 3. The van der Waals surface area contributed by atoms with Crippen molar-refractivity contribution in [3.63, 3.8) is 0 Å². The summed E-state index contributed by atoms with van der Waals surface area (Å²) in [5, 5.41) is 8.67. The second kappa shape index (κ2) is 7.56. The lowest BCUT2D eigenvalue weighted by Crippen LogP contribution is -2.48. The maximum absolute atomic E-state index is 12.4. The van der Waals surface area contributed by atoms with Crippen LogP contribution in [-0.4, -0.2) is 39.8 Å². The lowest BCUT2D eigenvalue weighted by atomic mass is 10.1. The Balaban J connectivity index is 1.32. The van der Waals surface area contributed by atoms with E-state index in [9.17, 15) is 4.79 Å². The Hall–Kier alpha value is -2.89. The molecular weight excluding hydrogens is 326 g/mol. The maximum Gasteiger partial charge on any atom is 0.222 e. The van der Waals surface area contributed by atoms with Crippen LogP contribution in [0.1, 0.15) is 19.3 Å². The Kier molecular flexibility index (Phi) is 4.82. The summed E-state index contributed by atoms with van der Waals surface area (Å²) in [6.07, 6.45) is 6.17. The van der Waals surface area contributed by atoms with Gasteiger partial charge in [0, 0.05) is 37.1 Å². The predicted octanol–water partition coefficient (Wildman–Crippen LogP) is 2.61. The van der Waals surface area contributed by atoms with E-state index in [-0.39, 0.29) is 11.9 Å². The minimum atomic E-state index is 0.0810. The summed E-state index contributed by atoms with van der Waals surface area (Å²) in [4.78, 5) is 19.1. The van der Waals surface area contributed by atoms with Crippen molar-refractivity contribution in [2.45, 2.75) is 31.8 Å². The van der Waals surface area contributed by atoms with Crippen LogP contribution >= 0.6 is 0 Å². The van der Waals surface area contributed by atoms with Crippen molar-refractivity contribution in [1.82, 2.24) is 20.1 Å². The highest BCUT2D eigenvalue weighted by Gasteiger charge is 2.22. The summed E-state index contributed by atoms with van der Waals surface area (Å²) >= 11 is 0. The lowest BCUT2D eigenvalue weighted by molar-refractivity contribution is -0.122. The minimum absolute atomic E-state index is 0.0810. The number of piperidine rings is 1. The number of benzene rings is 1. The molecule has 3 heterocycles. The average molecular weight is 349 g/mol. The van der Waals surface area contributed by atoms with Crippen LogP contribution in [0.25, 0.3) is 10.9 Å². The molecule has 1 atom stereocenters. The van der Waals surface area contributed by atoms with Gasteiger partial charge in [-0.25, -0.2) is 4.98 Å². The first-order chi connectivity index (χ1) is 12.8. The van der Waals surface area contributed by atoms with E-state index >= 15 is 0 Å². The molecule has 134 valence electrons. The molecule has 4 rings (SSSR count). The van der Waals surface area contributed by atoms with Crippen LogP contribution in [0.3, 0.4) is 0 Å². The molecule has 0 unspecified atom stereocenters. The van der Waals surface area contributed by atoms with Gasteiger partial charge in [-0.15, -0.1) is 0 Å². The van der Waals surface area contributed by atoms with Gasteiger partial charge in [-0.2, -0.15) is 5.10 Å². The van der Waals surface area contributed by atoms with Gasteiger partial charge in [0.1, 0.15) is 5.82 Å². The second-order valence-electron chi connectivity index (χ2n) is 6.72. The number of nitrogens with one attached hydrogen (secondary N) is 1. The standard InChI is InChI=1S/C20H23N5O/c26-20(10-13-25-18-8-2-1-6-16(18)14-22-25)23-17-7-5-12-24(15-17)19-9-3-4-11-21-19/h1-4,6,8-9,11,14,17H,5,7,10,12-13,15H2,(H,23,26)/t17-/m0/s1. The van der Waals surface area contributed by atoms with Crippen LogP contribution in [0.2, 0.25) is 0 Å². The third-order valence-corrected chi connectivity index (χ3v) is 4.86. The molecule has 1 fully saturated rings. The van der Waals surface area contributed by atoms with Crippen molar-refractivity contribution < 1.29 is 4.79 Å².